The molecule has 0 saturated carbocycles. The molecule has 0 saturated heterocycles. The molecule has 0 nitrogen and oxygen atoms in total. The third kappa shape index (κ3) is 4.63. The van der Waals surface area contributed by atoms with Crippen molar-refractivity contribution in [2.45, 2.75) is 69.2 Å². The van der Waals surface area contributed by atoms with E-state index in [4.69, 9.17) is 0 Å². The molecular weight excluding hydrogens is 472 g/mol. The molecule has 0 aromatic rings. The zero-order chi connectivity index (χ0) is 15.9. The summed E-state index contributed by atoms with van der Waals surface area (Å²) in [7, 11) is 0. The van der Waals surface area contributed by atoms with E-state index in [2.05, 4.69) is 81.4 Å². The first-order valence-electron chi connectivity index (χ1n) is 7.50. The van der Waals surface area contributed by atoms with Gasteiger partial charge in [-0.3, -0.25) is 12.2 Å². The molecule has 0 radical (unpaired) electrons. The first-order valence-corrected chi connectivity index (χ1v) is 7.50. The topological polar surface area (TPSA) is 0 Å². The minimum Gasteiger partial charge on any atom is -0.263 e. The Bertz CT molecular complexity index is 484. The molecule has 0 amide bonds. The van der Waals surface area contributed by atoms with Crippen LogP contribution < -0.4 is 0 Å². The molecule has 1 heteroatoms. The molecule has 2 aliphatic rings. The van der Waals surface area contributed by atoms with Crippen molar-refractivity contribution in [1.82, 2.24) is 0 Å². The predicted molar refractivity (Wildman–Crippen MR) is 89.2 cm³/mol. The van der Waals surface area contributed by atoms with E-state index in [1.54, 1.807) is 0 Å². The van der Waals surface area contributed by atoms with Crippen molar-refractivity contribution in [2.75, 3.05) is 0 Å². The Morgan fingerprint density at radius 1 is 0.571 bits per heavy atom. The molecule has 0 aliphatic heterocycles. The van der Waals surface area contributed by atoms with Crippen LogP contribution in [0.2, 0.25) is 0 Å². The second-order valence-electron chi connectivity index (χ2n) is 7.25. The summed E-state index contributed by atoms with van der Waals surface area (Å²) >= 11 is 0. The van der Waals surface area contributed by atoms with Crippen LogP contribution in [0.1, 0.15) is 69.2 Å². The van der Waals surface area contributed by atoms with Crippen LogP contribution in [0, 0.1) is 62.9 Å². The van der Waals surface area contributed by atoms with Crippen LogP contribution in [-0.4, -0.2) is 0 Å². The molecule has 21 heavy (non-hydrogen) atoms. The van der Waals surface area contributed by atoms with Gasteiger partial charge in [0.2, 0.25) is 0 Å². The summed E-state index contributed by atoms with van der Waals surface area (Å²) in [5.74, 6) is 0. The number of hydrogen-bond donors (Lipinski definition) is 0. The Balaban J connectivity index is 0.000000364. The summed E-state index contributed by atoms with van der Waals surface area (Å²) in [6, 6.07) is 0. The molecule has 2 rings (SSSR count). The van der Waals surface area contributed by atoms with Gasteiger partial charge in [0.25, 0.3) is 0 Å². The standard InChI is InChI=1S/2C10H15.Th/c2*1-7-6-10(4,5)9(3)8(7)2;/h2*1-5H3;/q2*-1;+2. The van der Waals surface area contributed by atoms with E-state index in [-0.39, 0.29) is 50.8 Å². The molecule has 0 aromatic carbocycles. The fraction of sp³-hybridized carbons (Fsp3) is 0.600. The second kappa shape index (κ2) is 7.24. The van der Waals surface area contributed by atoms with Crippen molar-refractivity contribution < 1.29 is 39.9 Å². The van der Waals surface area contributed by atoms with Crippen LogP contribution in [0.3, 0.4) is 0 Å². The molecule has 0 unspecified atom stereocenters. The molecule has 114 valence electrons. The Morgan fingerprint density at radius 2 is 0.810 bits per heavy atom. The Kier molecular flexibility index (Phi) is 7.34. The van der Waals surface area contributed by atoms with Gasteiger partial charge in [-0.2, -0.15) is 22.3 Å². The molecule has 0 N–H and O–H groups in total. The van der Waals surface area contributed by atoms with E-state index in [1.165, 1.54) is 33.4 Å². The van der Waals surface area contributed by atoms with Crippen molar-refractivity contribution in [1.29, 1.82) is 0 Å². The van der Waals surface area contributed by atoms with Crippen LogP contribution in [-0.2, 0) is 0 Å². The van der Waals surface area contributed by atoms with E-state index in [1.807, 2.05) is 0 Å². The van der Waals surface area contributed by atoms with Crippen molar-refractivity contribution in [2.24, 2.45) is 10.8 Å². The summed E-state index contributed by atoms with van der Waals surface area (Å²) in [4.78, 5) is 0. The maximum Gasteiger partial charge on any atom is 2.00 e. The van der Waals surface area contributed by atoms with Crippen LogP contribution in [0.15, 0.2) is 33.4 Å². The summed E-state index contributed by atoms with van der Waals surface area (Å²) in [5.41, 5.74) is 8.79. The molecule has 0 spiro atoms. The van der Waals surface area contributed by atoms with E-state index < -0.39 is 0 Å². The summed E-state index contributed by atoms with van der Waals surface area (Å²) < 4.78 is 0. The number of hydrogen-bond acceptors (Lipinski definition) is 0. The number of allylic oxidation sites excluding steroid dienone is 8. The number of rotatable bonds is 0. The fourth-order valence-corrected chi connectivity index (χ4v) is 2.81. The smallest absolute Gasteiger partial charge is 0.263 e. The molecule has 0 heterocycles. The van der Waals surface area contributed by atoms with E-state index in [9.17, 15) is 0 Å². The minimum absolute atomic E-state index is 0. The van der Waals surface area contributed by atoms with Gasteiger partial charge in [0.05, 0.1) is 0 Å². The Morgan fingerprint density at radius 3 is 0.857 bits per heavy atom. The van der Waals surface area contributed by atoms with Crippen LogP contribution in [0.5, 0.6) is 0 Å². The van der Waals surface area contributed by atoms with Gasteiger partial charge in [0, 0.05) is 0 Å². The van der Waals surface area contributed by atoms with Gasteiger partial charge in [0.1, 0.15) is 0 Å². The first-order chi connectivity index (χ1) is 8.90. The maximum atomic E-state index is 3.44. The van der Waals surface area contributed by atoms with E-state index in [0.717, 1.165) is 0 Å². The maximum absolute atomic E-state index is 3.44. The zero-order valence-corrected chi connectivity index (χ0v) is 19.6. The predicted octanol–water partition coefficient (Wildman–Crippen LogP) is 6.22. The second-order valence-corrected chi connectivity index (χ2v) is 7.25. The van der Waals surface area contributed by atoms with Gasteiger partial charge in [-0.1, -0.05) is 66.2 Å². The summed E-state index contributed by atoms with van der Waals surface area (Å²) in [5, 5.41) is 0. The summed E-state index contributed by atoms with van der Waals surface area (Å²) in [6.07, 6.45) is 6.87. The van der Waals surface area contributed by atoms with Crippen LogP contribution in [0.4, 0.5) is 0 Å². The van der Waals surface area contributed by atoms with E-state index in [0.29, 0.717) is 0 Å². The quantitative estimate of drug-likeness (QED) is 0.345. The van der Waals surface area contributed by atoms with Gasteiger partial charge in [-0.05, 0) is 0 Å². The SMILES string of the molecule is CC1=[C-]C(C)(C)C(C)=C1C.CC1=[C-]C(C)(C)C(C)=C1C.[Th+2]. The average molecular weight is 502 g/mol. The van der Waals surface area contributed by atoms with Gasteiger partial charge in [-0.15, -0.1) is 13.8 Å². The molecule has 0 fully saturated rings. The normalized spacial score (nSPS) is 22.4. The van der Waals surface area contributed by atoms with Gasteiger partial charge in [0.15, 0.2) is 0 Å². The van der Waals surface area contributed by atoms with Crippen LogP contribution >= 0.6 is 0 Å². The molecule has 0 atom stereocenters. The largest absolute Gasteiger partial charge is 2.00 e. The molecule has 0 bridgehead atoms. The van der Waals surface area contributed by atoms with Crippen LogP contribution in [0.25, 0.3) is 0 Å². The average Bonchev–Trinajstić information content (AvgIpc) is 2.60. The first kappa shape index (κ1) is 21.3. The van der Waals surface area contributed by atoms with Crippen molar-refractivity contribution in [3.05, 3.63) is 45.6 Å². The van der Waals surface area contributed by atoms with Gasteiger partial charge >= 0.3 is 39.9 Å². The third-order valence-electron chi connectivity index (χ3n) is 5.12. The van der Waals surface area contributed by atoms with Crippen molar-refractivity contribution in [3.63, 3.8) is 0 Å². The molecular formula is C20H30Th. The molecule has 2 aliphatic carbocycles. The molecule has 0 aromatic heterocycles. The van der Waals surface area contributed by atoms with Gasteiger partial charge < -0.3 is 0 Å². The monoisotopic (exact) mass is 502 g/mol. The Labute approximate surface area is 164 Å². The third-order valence-corrected chi connectivity index (χ3v) is 5.12. The van der Waals surface area contributed by atoms with Gasteiger partial charge in [-0.25, -0.2) is 11.1 Å². The van der Waals surface area contributed by atoms with Crippen molar-refractivity contribution >= 4 is 0 Å². The summed E-state index contributed by atoms with van der Waals surface area (Å²) in [6.45, 7) is 21.8. The fourth-order valence-electron chi connectivity index (χ4n) is 2.81. The van der Waals surface area contributed by atoms with E-state index >= 15 is 0 Å². The minimum atomic E-state index is 0. The zero-order valence-electron chi connectivity index (χ0n) is 15.5. The Hall–Kier alpha value is 0.285. The van der Waals surface area contributed by atoms with Crippen molar-refractivity contribution in [3.8, 4) is 0 Å².